The van der Waals surface area contributed by atoms with Crippen LogP contribution in [-0.2, 0) is 6.54 Å². The minimum atomic E-state index is -0.579. The number of nitro groups is 1. The number of hydrogen-bond acceptors (Lipinski definition) is 7. The van der Waals surface area contributed by atoms with Gasteiger partial charge in [-0.2, -0.15) is 5.10 Å². The highest BCUT2D eigenvalue weighted by atomic mass is 16.6. The van der Waals surface area contributed by atoms with Crippen LogP contribution in [0, 0.1) is 17.0 Å². The quantitative estimate of drug-likeness (QED) is 0.419. The second-order valence-corrected chi connectivity index (χ2v) is 7.42. The van der Waals surface area contributed by atoms with Crippen LogP contribution in [0.25, 0.3) is 5.69 Å². The fourth-order valence-corrected chi connectivity index (χ4v) is 3.68. The number of para-hydroxylation sites is 3. The molecular formula is C23H22N4O6. The number of amides is 1. The number of aromatic nitrogens is 2. The summed E-state index contributed by atoms with van der Waals surface area (Å²) in [6.07, 6.45) is 0. The molecule has 0 bridgehead atoms. The average molecular weight is 450 g/mol. The Hall–Kier alpha value is -4.21. The van der Waals surface area contributed by atoms with Gasteiger partial charge in [0, 0.05) is 36.5 Å². The van der Waals surface area contributed by atoms with Crippen LogP contribution in [0.2, 0.25) is 0 Å². The van der Waals surface area contributed by atoms with Crippen molar-refractivity contribution in [3.63, 3.8) is 0 Å². The summed E-state index contributed by atoms with van der Waals surface area (Å²) in [5.41, 5.74) is 0.225. The highest BCUT2D eigenvalue weighted by Gasteiger charge is 2.25. The number of benzene rings is 2. The number of rotatable bonds is 6. The predicted molar refractivity (Wildman–Crippen MR) is 119 cm³/mol. The van der Waals surface area contributed by atoms with E-state index in [-0.39, 0.29) is 23.6 Å². The van der Waals surface area contributed by atoms with Crippen molar-refractivity contribution in [3.05, 3.63) is 85.8 Å². The molecule has 10 nitrogen and oxygen atoms in total. The van der Waals surface area contributed by atoms with Crippen LogP contribution in [0.1, 0.15) is 28.7 Å². The first kappa shape index (κ1) is 22.0. The molecule has 0 fully saturated rings. The molecule has 2 heterocycles. The molecule has 1 aliphatic rings. The van der Waals surface area contributed by atoms with E-state index in [2.05, 4.69) is 5.10 Å². The zero-order chi connectivity index (χ0) is 23.5. The Balaban J connectivity index is 1.72. The highest BCUT2D eigenvalue weighted by Crippen LogP contribution is 2.34. The van der Waals surface area contributed by atoms with Gasteiger partial charge in [-0.15, -0.1) is 0 Å². The van der Waals surface area contributed by atoms with Gasteiger partial charge >= 0.3 is 0 Å². The smallest absolute Gasteiger partial charge is 0.294 e. The number of ether oxygens (including phenoxy) is 2. The van der Waals surface area contributed by atoms with E-state index in [1.54, 1.807) is 26.0 Å². The van der Waals surface area contributed by atoms with Crippen molar-refractivity contribution >= 4 is 11.6 Å². The molecule has 10 heteroatoms. The van der Waals surface area contributed by atoms with E-state index >= 15 is 0 Å². The first-order valence-corrected chi connectivity index (χ1v) is 10.4. The summed E-state index contributed by atoms with van der Waals surface area (Å²) in [4.78, 5) is 38.4. The van der Waals surface area contributed by atoms with Gasteiger partial charge in [-0.3, -0.25) is 19.7 Å². The maximum Gasteiger partial charge on any atom is 0.294 e. The van der Waals surface area contributed by atoms with Crippen molar-refractivity contribution in [1.29, 1.82) is 0 Å². The first-order chi connectivity index (χ1) is 15.9. The third-order valence-corrected chi connectivity index (χ3v) is 5.29. The summed E-state index contributed by atoms with van der Waals surface area (Å²) < 4.78 is 12.6. The summed E-state index contributed by atoms with van der Waals surface area (Å²) in [7, 11) is 0. The van der Waals surface area contributed by atoms with Crippen LogP contribution in [0.5, 0.6) is 11.5 Å². The number of fused-ring (bicyclic) bond motifs is 1. The van der Waals surface area contributed by atoms with Gasteiger partial charge in [-0.05, 0) is 26.0 Å². The SMILES string of the molecule is CCN(Cc1cccc2c1OCCO2)C(=O)c1nn(-c2ccccc2[N+](=O)[O-])c(C)cc1=O. The molecule has 1 aliphatic heterocycles. The van der Waals surface area contributed by atoms with Gasteiger partial charge < -0.3 is 14.4 Å². The maximum atomic E-state index is 13.3. The molecule has 0 radical (unpaired) electrons. The Morgan fingerprint density at radius 1 is 1.18 bits per heavy atom. The minimum absolute atomic E-state index is 0.166. The van der Waals surface area contributed by atoms with Crippen LogP contribution in [0.3, 0.4) is 0 Å². The van der Waals surface area contributed by atoms with Crippen LogP contribution >= 0.6 is 0 Å². The molecule has 2 aromatic carbocycles. The number of hydrogen-bond donors (Lipinski definition) is 0. The summed E-state index contributed by atoms with van der Waals surface area (Å²) in [6.45, 7) is 4.74. The van der Waals surface area contributed by atoms with Crippen molar-refractivity contribution in [1.82, 2.24) is 14.7 Å². The Morgan fingerprint density at radius 3 is 2.70 bits per heavy atom. The average Bonchev–Trinajstić information content (AvgIpc) is 2.82. The number of nitrogens with zero attached hydrogens (tertiary/aromatic N) is 4. The van der Waals surface area contributed by atoms with Gasteiger partial charge in [0.1, 0.15) is 18.9 Å². The summed E-state index contributed by atoms with van der Waals surface area (Å²) in [6, 6.07) is 12.7. The molecule has 33 heavy (non-hydrogen) atoms. The van der Waals surface area contributed by atoms with E-state index in [4.69, 9.17) is 9.47 Å². The van der Waals surface area contributed by atoms with Crippen LogP contribution in [0.15, 0.2) is 53.3 Å². The molecule has 4 rings (SSSR count). The van der Waals surface area contributed by atoms with Crippen molar-refractivity contribution in [2.45, 2.75) is 20.4 Å². The van der Waals surface area contributed by atoms with Gasteiger partial charge in [-0.25, -0.2) is 4.68 Å². The van der Waals surface area contributed by atoms with Crippen LogP contribution in [0.4, 0.5) is 5.69 Å². The van der Waals surface area contributed by atoms with Crippen molar-refractivity contribution in [2.24, 2.45) is 0 Å². The maximum absolute atomic E-state index is 13.3. The van der Waals surface area contributed by atoms with E-state index in [9.17, 15) is 19.7 Å². The first-order valence-electron chi connectivity index (χ1n) is 10.4. The zero-order valence-electron chi connectivity index (χ0n) is 18.2. The fraction of sp³-hybridized carbons (Fsp3) is 0.261. The van der Waals surface area contributed by atoms with Gasteiger partial charge in [0.2, 0.25) is 5.43 Å². The number of carbonyl (C=O) groups is 1. The second-order valence-electron chi connectivity index (χ2n) is 7.42. The second kappa shape index (κ2) is 9.11. The molecule has 0 aliphatic carbocycles. The number of aryl methyl sites for hydroxylation is 1. The lowest BCUT2D eigenvalue weighted by Crippen LogP contribution is -2.36. The van der Waals surface area contributed by atoms with E-state index in [1.165, 1.54) is 33.8 Å². The molecule has 0 saturated heterocycles. The molecule has 0 saturated carbocycles. The topological polar surface area (TPSA) is 117 Å². The summed E-state index contributed by atoms with van der Waals surface area (Å²) in [5.74, 6) is 0.600. The van der Waals surface area contributed by atoms with Gasteiger partial charge in [0.05, 0.1) is 4.92 Å². The van der Waals surface area contributed by atoms with Crippen molar-refractivity contribution in [3.8, 4) is 17.2 Å². The molecule has 3 aromatic rings. The largest absolute Gasteiger partial charge is 0.486 e. The van der Waals surface area contributed by atoms with Crippen molar-refractivity contribution in [2.75, 3.05) is 19.8 Å². The standard InChI is InChI=1S/C23H22N4O6/c1-3-25(14-16-7-6-10-20-22(16)33-12-11-32-20)23(29)21-19(28)13-15(2)26(24-21)17-8-4-5-9-18(17)27(30)31/h4-10,13H,3,11-12,14H2,1-2H3. The summed E-state index contributed by atoms with van der Waals surface area (Å²) >= 11 is 0. The van der Waals surface area contributed by atoms with Gasteiger partial charge in [-0.1, -0.05) is 24.3 Å². The molecule has 1 aromatic heterocycles. The van der Waals surface area contributed by atoms with E-state index in [0.29, 0.717) is 37.0 Å². The lowest BCUT2D eigenvalue weighted by Gasteiger charge is -2.25. The number of carbonyl (C=O) groups excluding carboxylic acids is 1. The van der Waals surface area contributed by atoms with E-state index < -0.39 is 16.3 Å². The molecule has 170 valence electrons. The lowest BCUT2D eigenvalue weighted by atomic mass is 10.1. The Bertz CT molecular complexity index is 1290. The van der Waals surface area contributed by atoms with Gasteiger partial charge in [0.15, 0.2) is 17.2 Å². The summed E-state index contributed by atoms with van der Waals surface area (Å²) in [5, 5.41) is 15.7. The third kappa shape index (κ3) is 4.27. The zero-order valence-corrected chi connectivity index (χ0v) is 18.2. The van der Waals surface area contributed by atoms with Crippen molar-refractivity contribution < 1.29 is 19.2 Å². The molecule has 0 atom stereocenters. The molecule has 0 unspecified atom stereocenters. The van der Waals surface area contributed by atoms with Crippen LogP contribution in [-0.4, -0.2) is 45.3 Å². The normalized spacial score (nSPS) is 12.3. The third-order valence-electron chi connectivity index (χ3n) is 5.29. The Labute approximate surface area is 189 Å². The van der Waals surface area contributed by atoms with Gasteiger partial charge in [0.25, 0.3) is 11.6 Å². The number of nitro benzene ring substituents is 1. The Kier molecular flexibility index (Phi) is 6.07. The van der Waals surface area contributed by atoms with E-state index in [1.807, 2.05) is 12.1 Å². The molecular weight excluding hydrogens is 428 g/mol. The minimum Gasteiger partial charge on any atom is -0.486 e. The highest BCUT2D eigenvalue weighted by molar-refractivity contribution is 5.92. The molecule has 0 N–H and O–H groups in total. The van der Waals surface area contributed by atoms with E-state index in [0.717, 1.165) is 5.56 Å². The Morgan fingerprint density at radius 2 is 1.94 bits per heavy atom. The van der Waals surface area contributed by atoms with Crippen LogP contribution < -0.4 is 14.9 Å². The molecule has 0 spiro atoms. The monoisotopic (exact) mass is 450 g/mol. The molecule has 1 amide bonds. The fourth-order valence-electron chi connectivity index (χ4n) is 3.68. The predicted octanol–water partition coefficient (Wildman–Crippen LogP) is 2.88. The lowest BCUT2D eigenvalue weighted by molar-refractivity contribution is -0.384.